The summed E-state index contributed by atoms with van der Waals surface area (Å²) >= 11 is 0. The summed E-state index contributed by atoms with van der Waals surface area (Å²) in [6, 6.07) is 5.79. The molecule has 2 atom stereocenters. The molecule has 0 bridgehead atoms. The SMILES string of the molecule is O=C(C1OC1/C=C/c1ccc2c(c1)OCO2)N1CCCCC1. The van der Waals surface area contributed by atoms with E-state index in [4.69, 9.17) is 14.2 Å². The van der Waals surface area contributed by atoms with Gasteiger partial charge in [0.15, 0.2) is 17.6 Å². The van der Waals surface area contributed by atoms with Crippen molar-refractivity contribution >= 4 is 12.0 Å². The van der Waals surface area contributed by atoms with Crippen LogP contribution in [0, 0.1) is 0 Å². The zero-order valence-electron chi connectivity index (χ0n) is 12.4. The summed E-state index contributed by atoms with van der Waals surface area (Å²) in [6.07, 6.45) is 6.97. The van der Waals surface area contributed by atoms with Crippen LogP contribution in [0.3, 0.4) is 0 Å². The summed E-state index contributed by atoms with van der Waals surface area (Å²) in [5.41, 5.74) is 1.02. The Balaban J connectivity index is 1.35. The second kappa shape index (κ2) is 5.65. The Hall–Kier alpha value is -2.01. The predicted octanol–water partition coefficient (Wildman–Crippen LogP) is 2.21. The molecule has 0 spiro atoms. The van der Waals surface area contributed by atoms with Crippen LogP contribution in [0.15, 0.2) is 24.3 Å². The molecule has 3 heterocycles. The van der Waals surface area contributed by atoms with Crippen molar-refractivity contribution in [2.45, 2.75) is 31.5 Å². The topological polar surface area (TPSA) is 51.3 Å². The summed E-state index contributed by atoms with van der Waals surface area (Å²) in [4.78, 5) is 14.2. The molecule has 2 fully saturated rings. The van der Waals surface area contributed by atoms with Crippen LogP contribution >= 0.6 is 0 Å². The van der Waals surface area contributed by atoms with E-state index in [1.165, 1.54) is 6.42 Å². The lowest BCUT2D eigenvalue weighted by molar-refractivity contribution is -0.133. The molecular weight excluding hydrogens is 282 g/mol. The van der Waals surface area contributed by atoms with Crippen molar-refractivity contribution in [3.63, 3.8) is 0 Å². The predicted molar refractivity (Wildman–Crippen MR) is 80.7 cm³/mol. The maximum atomic E-state index is 12.3. The monoisotopic (exact) mass is 301 g/mol. The standard InChI is InChI=1S/C17H19NO4/c19-17(18-8-2-1-3-9-18)16-14(22-16)7-5-12-4-6-13-15(10-12)21-11-20-13/h4-7,10,14,16H,1-3,8-9,11H2/b7-5+. The Kier molecular flexibility index (Phi) is 3.50. The lowest BCUT2D eigenvalue weighted by atomic mass is 10.1. The fourth-order valence-corrected chi connectivity index (χ4v) is 2.99. The molecule has 0 N–H and O–H groups in total. The molecule has 22 heavy (non-hydrogen) atoms. The number of rotatable bonds is 3. The molecule has 1 amide bonds. The van der Waals surface area contributed by atoms with Gasteiger partial charge in [-0.25, -0.2) is 0 Å². The molecule has 5 heteroatoms. The number of nitrogens with zero attached hydrogens (tertiary/aromatic N) is 1. The third-order valence-electron chi connectivity index (χ3n) is 4.31. The van der Waals surface area contributed by atoms with Gasteiger partial charge in [0.1, 0.15) is 6.10 Å². The summed E-state index contributed by atoms with van der Waals surface area (Å²) in [6.45, 7) is 2.02. The highest BCUT2D eigenvalue weighted by Crippen LogP contribution is 2.33. The molecule has 1 aromatic rings. The number of likely N-dealkylation sites (tertiary alicyclic amines) is 1. The van der Waals surface area contributed by atoms with Gasteiger partial charge in [-0.15, -0.1) is 0 Å². The van der Waals surface area contributed by atoms with E-state index in [0.29, 0.717) is 0 Å². The van der Waals surface area contributed by atoms with E-state index in [2.05, 4.69) is 0 Å². The van der Waals surface area contributed by atoms with Crippen molar-refractivity contribution in [1.82, 2.24) is 4.90 Å². The first-order chi connectivity index (χ1) is 10.8. The second-order valence-corrected chi connectivity index (χ2v) is 5.88. The molecule has 2 unspecified atom stereocenters. The summed E-state index contributed by atoms with van der Waals surface area (Å²) in [5.74, 6) is 1.68. The number of carbonyl (C=O) groups is 1. The number of fused-ring (bicyclic) bond motifs is 1. The zero-order valence-corrected chi connectivity index (χ0v) is 12.4. The molecule has 2 saturated heterocycles. The number of hydrogen-bond acceptors (Lipinski definition) is 4. The maximum Gasteiger partial charge on any atom is 0.254 e. The average molecular weight is 301 g/mol. The molecule has 4 rings (SSSR count). The molecule has 0 radical (unpaired) electrons. The van der Waals surface area contributed by atoms with Crippen LogP contribution in [0.4, 0.5) is 0 Å². The molecule has 5 nitrogen and oxygen atoms in total. The van der Waals surface area contributed by atoms with Gasteiger partial charge in [-0.2, -0.15) is 0 Å². The molecule has 0 aliphatic carbocycles. The number of ether oxygens (including phenoxy) is 3. The molecule has 116 valence electrons. The fourth-order valence-electron chi connectivity index (χ4n) is 2.99. The Morgan fingerprint density at radius 3 is 2.82 bits per heavy atom. The highest BCUT2D eigenvalue weighted by atomic mass is 16.7. The van der Waals surface area contributed by atoms with Gasteiger partial charge in [0.25, 0.3) is 5.91 Å². The van der Waals surface area contributed by atoms with Crippen LogP contribution in [0.25, 0.3) is 6.08 Å². The van der Waals surface area contributed by atoms with E-state index in [9.17, 15) is 4.79 Å². The van der Waals surface area contributed by atoms with Crippen molar-refractivity contribution < 1.29 is 19.0 Å². The maximum absolute atomic E-state index is 12.3. The normalized spacial score (nSPS) is 26.5. The lowest BCUT2D eigenvalue weighted by Gasteiger charge is -2.25. The second-order valence-electron chi connectivity index (χ2n) is 5.88. The highest BCUT2D eigenvalue weighted by molar-refractivity contribution is 5.84. The van der Waals surface area contributed by atoms with Gasteiger partial charge in [0.2, 0.25) is 6.79 Å². The quantitative estimate of drug-likeness (QED) is 0.803. The van der Waals surface area contributed by atoms with Gasteiger partial charge in [-0.05, 0) is 37.0 Å². The third-order valence-corrected chi connectivity index (χ3v) is 4.31. The van der Waals surface area contributed by atoms with Gasteiger partial charge in [-0.3, -0.25) is 4.79 Å². The van der Waals surface area contributed by atoms with Crippen LogP contribution in [-0.2, 0) is 9.53 Å². The highest BCUT2D eigenvalue weighted by Gasteiger charge is 2.45. The minimum absolute atomic E-state index is 0.0974. The number of benzene rings is 1. The van der Waals surface area contributed by atoms with Crippen molar-refractivity contribution in [2.75, 3.05) is 19.9 Å². The fraction of sp³-hybridized carbons (Fsp3) is 0.471. The van der Waals surface area contributed by atoms with Crippen molar-refractivity contribution in [2.24, 2.45) is 0 Å². The van der Waals surface area contributed by atoms with Gasteiger partial charge >= 0.3 is 0 Å². The summed E-state index contributed by atoms with van der Waals surface area (Å²) in [7, 11) is 0. The van der Waals surface area contributed by atoms with Crippen molar-refractivity contribution in [3.8, 4) is 11.5 Å². The Bertz CT molecular complexity index is 607. The van der Waals surface area contributed by atoms with Crippen LogP contribution in [0.1, 0.15) is 24.8 Å². The van der Waals surface area contributed by atoms with E-state index in [0.717, 1.165) is 43.0 Å². The smallest absolute Gasteiger partial charge is 0.254 e. The molecule has 0 aromatic heterocycles. The van der Waals surface area contributed by atoms with Crippen LogP contribution in [0.5, 0.6) is 11.5 Å². The van der Waals surface area contributed by atoms with E-state index < -0.39 is 0 Å². The van der Waals surface area contributed by atoms with Crippen molar-refractivity contribution in [3.05, 3.63) is 29.8 Å². The van der Waals surface area contributed by atoms with Crippen LogP contribution < -0.4 is 9.47 Å². The molecule has 1 aromatic carbocycles. The van der Waals surface area contributed by atoms with E-state index in [-0.39, 0.29) is 24.9 Å². The lowest BCUT2D eigenvalue weighted by Crippen LogP contribution is -2.38. The molecule has 3 aliphatic rings. The number of hydrogen-bond donors (Lipinski definition) is 0. The first kappa shape index (κ1) is 13.6. The van der Waals surface area contributed by atoms with Gasteiger partial charge in [-0.1, -0.05) is 18.2 Å². The minimum atomic E-state index is -0.289. The zero-order chi connectivity index (χ0) is 14.9. The third kappa shape index (κ3) is 2.68. The van der Waals surface area contributed by atoms with E-state index in [1.807, 2.05) is 35.3 Å². The Labute approximate surface area is 129 Å². The Morgan fingerprint density at radius 2 is 1.95 bits per heavy atom. The first-order valence-electron chi connectivity index (χ1n) is 7.83. The number of carbonyl (C=O) groups excluding carboxylic acids is 1. The van der Waals surface area contributed by atoms with Crippen molar-refractivity contribution in [1.29, 1.82) is 0 Å². The molecule has 0 saturated carbocycles. The van der Waals surface area contributed by atoms with Crippen LogP contribution in [-0.4, -0.2) is 42.9 Å². The summed E-state index contributed by atoms with van der Waals surface area (Å²) < 4.78 is 16.2. The molecular formula is C17H19NO4. The molecule has 3 aliphatic heterocycles. The number of amides is 1. The summed E-state index contributed by atoms with van der Waals surface area (Å²) in [5, 5.41) is 0. The number of epoxide rings is 1. The Morgan fingerprint density at radius 1 is 1.14 bits per heavy atom. The van der Waals surface area contributed by atoms with Crippen LogP contribution in [0.2, 0.25) is 0 Å². The van der Waals surface area contributed by atoms with E-state index in [1.54, 1.807) is 0 Å². The minimum Gasteiger partial charge on any atom is -0.454 e. The van der Waals surface area contributed by atoms with Gasteiger partial charge in [0.05, 0.1) is 0 Å². The van der Waals surface area contributed by atoms with E-state index >= 15 is 0 Å². The van der Waals surface area contributed by atoms with Gasteiger partial charge in [0, 0.05) is 13.1 Å². The largest absolute Gasteiger partial charge is 0.454 e. The number of piperidine rings is 1. The van der Waals surface area contributed by atoms with Gasteiger partial charge < -0.3 is 19.1 Å². The average Bonchev–Trinajstić information content (AvgIpc) is 3.20. The first-order valence-corrected chi connectivity index (χ1v) is 7.83.